The van der Waals surface area contributed by atoms with Crippen molar-refractivity contribution in [1.29, 1.82) is 0 Å². The Morgan fingerprint density at radius 3 is 2.77 bits per heavy atom. The Hall–Kier alpha value is -2.23. The molecule has 1 aromatic rings. The topological polar surface area (TPSA) is 52.2 Å². The molecule has 7 heteroatoms. The van der Waals surface area contributed by atoms with Crippen LogP contribution in [0.3, 0.4) is 0 Å². The van der Waals surface area contributed by atoms with Crippen LogP contribution in [-0.4, -0.2) is 38.0 Å². The van der Waals surface area contributed by atoms with E-state index in [9.17, 15) is 9.18 Å². The van der Waals surface area contributed by atoms with Gasteiger partial charge in [0.05, 0.1) is 30.2 Å². The van der Waals surface area contributed by atoms with Gasteiger partial charge in [-0.2, -0.15) is 0 Å². The van der Waals surface area contributed by atoms with E-state index in [-0.39, 0.29) is 23.8 Å². The van der Waals surface area contributed by atoms with Crippen molar-refractivity contribution in [3.63, 3.8) is 0 Å². The summed E-state index contributed by atoms with van der Waals surface area (Å²) < 4.78 is 24.0. The molecule has 5 nitrogen and oxygen atoms in total. The number of ether oxygens (including phenoxy) is 2. The number of carbonyl (C=O) groups excluding carboxylic acids is 1. The molecule has 138 valence electrons. The van der Waals surface area contributed by atoms with Gasteiger partial charge in [-0.25, -0.2) is 15.8 Å². The summed E-state index contributed by atoms with van der Waals surface area (Å²) in [6, 6.07) is 3.19. The second-order valence-electron chi connectivity index (χ2n) is 5.90. The highest BCUT2D eigenvalue weighted by Crippen LogP contribution is 2.40. The predicted molar refractivity (Wildman–Crippen MR) is 97.8 cm³/mol. The number of rotatable bonds is 6. The summed E-state index contributed by atoms with van der Waals surface area (Å²) >= 11 is 6.24. The molecule has 0 saturated carbocycles. The highest BCUT2D eigenvalue weighted by molar-refractivity contribution is 6.31. The summed E-state index contributed by atoms with van der Waals surface area (Å²) in [5, 5.41) is 0.149. The van der Waals surface area contributed by atoms with Crippen LogP contribution in [0.5, 0.6) is 0 Å². The number of methoxy groups -OCH3 is 1. The molecule has 0 saturated heterocycles. The molecule has 1 heterocycles. The fourth-order valence-corrected chi connectivity index (χ4v) is 3.21. The standard InChI is InChI=1S/C19H20ClFN2O3/c1-5-8-26-19(24)17-15(10-25-4)23-11(2)18(22-3)16(17)13-7-6-12(21)9-14(13)20/h6-7,9,16,18H,5,8,10H2,1-2,4H3. The SMILES string of the molecule is [C-]#[N+]C1C(C)=NC(COC)=C(C(=O)OCCC)C1c1ccc(F)cc1Cl. The van der Waals surface area contributed by atoms with Crippen molar-refractivity contribution in [1.82, 2.24) is 0 Å². The molecular weight excluding hydrogens is 359 g/mol. The molecule has 0 aliphatic carbocycles. The van der Waals surface area contributed by atoms with Crippen molar-refractivity contribution in [2.75, 3.05) is 20.3 Å². The van der Waals surface area contributed by atoms with E-state index in [4.69, 9.17) is 27.6 Å². The lowest BCUT2D eigenvalue weighted by molar-refractivity contribution is -0.139. The minimum atomic E-state index is -0.734. The number of hydrogen-bond acceptors (Lipinski definition) is 4. The van der Waals surface area contributed by atoms with Crippen LogP contribution in [0.1, 0.15) is 31.7 Å². The van der Waals surface area contributed by atoms with Crippen molar-refractivity contribution in [2.45, 2.75) is 32.2 Å². The molecule has 2 unspecified atom stereocenters. The first-order valence-electron chi connectivity index (χ1n) is 8.20. The van der Waals surface area contributed by atoms with Gasteiger partial charge >= 0.3 is 5.97 Å². The third kappa shape index (κ3) is 4.12. The molecule has 0 bridgehead atoms. The number of carbonyl (C=O) groups is 1. The van der Waals surface area contributed by atoms with Gasteiger partial charge in [0, 0.05) is 12.1 Å². The molecule has 1 aliphatic rings. The Morgan fingerprint density at radius 1 is 1.46 bits per heavy atom. The Morgan fingerprint density at radius 2 is 2.19 bits per heavy atom. The summed E-state index contributed by atoms with van der Waals surface area (Å²) in [6.45, 7) is 11.5. The fourth-order valence-electron chi connectivity index (χ4n) is 2.93. The first kappa shape index (κ1) is 20.1. The van der Waals surface area contributed by atoms with Crippen LogP contribution < -0.4 is 0 Å². The van der Waals surface area contributed by atoms with E-state index < -0.39 is 23.7 Å². The minimum absolute atomic E-state index is 0.0912. The third-order valence-electron chi connectivity index (χ3n) is 4.05. The molecule has 0 N–H and O–H groups in total. The largest absolute Gasteiger partial charge is 0.462 e. The average molecular weight is 379 g/mol. The number of benzene rings is 1. The van der Waals surface area contributed by atoms with E-state index in [2.05, 4.69) is 9.84 Å². The third-order valence-corrected chi connectivity index (χ3v) is 4.38. The zero-order valence-electron chi connectivity index (χ0n) is 14.9. The van der Waals surface area contributed by atoms with E-state index in [1.807, 2.05) is 6.92 Å². The zero-order chi connectivity index (χ0) is 19.3. The van der Waals surface area contributed by atoms with Gasteiger partial charge in [0.25, 0.3) is 6.04 Å². The van der Waals surface area contributed by atoms with Gasteiger partial charge in [-0.1, -0.05) is 24.6 Å². The quantitative estimate of drug-likeness (QED) is 0.551. The Kier molecular flexibility index (Phi) is 6.90. The number of aliphatic imine (C=N–C) groups is 1. The van der Waals surface area contributed by atoms with Crippen LogP contribution in [0.25, 0.3) is 4.85 Å². The lowest BCUT2D eigenvalue weighted by atomic mass is 9.80. The van der Waals surface area contributed by atoms with Gasteiger partial charge in [0.2, 0.25) is 0 Å². The van der Waals surface area contributed by atoms with Crippen LogP contribution in [0.15, 0.2) is 34.5 Å². The maximum atomic E-state index is 13.5. The average Bonchev–Trinajstić information content (AvgIpc) is 2.59. The van der Waals surface area contributed by atoms with Crippen LogP contribution in [0, 0.1) is 12.4 Å². The molecule has 2 atom stereocenters. The maximum absolute atomic E-state index is 13.5. The van der Waals surface area contributed by atoms with Crippen molar-refractivity contribution < 1.29 is 18.7 Å². The Labute approximate surface area is 157 Å². The van der Waals surface area contributed by atoms with Crippen molar-refractivity contribution in [3.05, 3.63) is 57.3 Å². The van der Waals surface area contributed by atoms with E-state index >= 15 is 0 Å². The molecule has 0 amide bonds. The number of nitrogens with zero attached hydrogens (tertiary/aromatic N) is 2. The van der Waals surface area contributed by atoms with Crippen molar-refractivity contribution in [2.24, 2.45) is 4.99 Å². The molecular formula is C19H20ClFN2O3. The van der Waals surface area contributed by atoms with E-state index in [0.717, 1.165) is 0 Å². The summed E-state index contributed by atoms with van der Waals surface area (Å²) in [5.74, 6) is -1.75. The zero-order valence-corrected chi connectivity index (χ0v) is 15.6. The predicted octanol–water partition coefficient (Wildman–Crippen LogP) is 4.18. The van der Waals surface area contributed by atoms with Gasteiger partial charge in [-0.3, -0.25) is 4.99 Å². The van der Waals surface area contributed by atoms with Gasteiger partial charge in [0.1, 0.15) is 11.7 Å². The summed E-state index contributed by atoms with van der Waals surface area (Å²) in [4.78, 5) is 20.8. The molecule has 2 rings (SSSR count). The highest BCUT2D eigenvalue weighted by Gasteiger charge is 2.43. The lowest BCUT2D eigenvalue weighted by Gasteiger charge is -2.27. The molecule has 0 radical (unpaired) electrons. The number of esters is 1. The molecule has 0 spiro atoms. The summed E-state index contributed by atoms with van der Waals surface area (Å²) in [6.07, 6.45) is 0.662. The van der Waals surface area contributed by atoms with Gasteiger partial charge in [-0.15, -0.1) is 0 Å². The van der Waals surface area contributed by atoms with E-state index in [1.165, 1.54) is 25.3 Å². The van der Waals surface area contributed by atoms with Crippen molar-refractivity contribution >= 4 is 23.3 Å². The number of hydrogen-bond donors (Lipinski definition) is 0. The Bertz CT molecular complexity index is 798. The minimum Gasteiger partial charge on any atom is -0.462 e. The monoisotopic (exact) mass is 378 g/mol. The lowest BCUT2D eigenvalue weighted by Crippen LogP contribution is -2.33. The number of halogens is 2. The van der Waals surface area contributed by atoms with Crippen LogP contribution in [0.2, 0.25) is 5.02 Å². The highest BCUT2D eigenvalue weighted by atomic mass is 35.5. The van der Waals surface area contributed by atoms with Crippen LogP contribution in [0.4, 0.5) is 4.39 Å². The molecule has 0 fully saturated rings. The maximum Gasteiger partial charge on any atom is 0.336 e. The second-order valence-corrected chi connectivity index (χ2v) is 6.31. The normalized spacial score (nSPS) is 19.8. The van der Waals surface area contributed by atoms with Gasteiger partial charge in [0.15, 0.2) is 0 Å². The second kappa shape index (κ2) is 8.93. The Balaban J connectivity index is 2.66. The van der Waals surface area contributed by atoms with Crippen LogP contribution >= 0.6 is 11.6 Å². The fraction of sp³-hybridized carbons (Fsp3) is 0.421. The smallest absolute Gasteiger partial charge is 0.336 e. The van der Waals surface area contributed by atoms with E-state index in [0.29, 0.717) is 23.4 Å². The van der Waals surface area contributed by atoms with Gasteiger partial charge in [-0.05, 0) is 31.0 Å². The first-order valence-corrected chi connectivity index (χ1v) is 8.58. The summed E-state index contributed by atoms with van der Waals surface area (Å²) in [7, 11) is 1.49. The molecule has 1 aliphatic heterocycles. The van der Waals surface area contributed by atoms with Crippen molar-refractivity contribution in [3.8, 4) is 0 Å². The molecule has 0 aromatic heterocycles. The summed E-state index contributed by atoms with van der Waals surface area (Å²) in [5.41, 5.74) is 1.67. The molecule has 1 aromatic carbocycles. The van der Waals surface area contributed by atoms with E-state index in [1.54, 1.807) is 6.92 Å². The molecule has 26 heavy (non-hydrogen) atoms. The van der Waals surface area contributed by atoms with Crippen LogP contribution in [-0.2, 0) is 14.3 Å². The first-order chi connectivity index (χ1) is 12.4. The van der Waals surface area contributed by atoms with Gasteiger partial charge < -0.3 is 14.3 Å².